The number of rotatable bonds is 5. The molecular weight excluding hydrogens is 240 g/mol. The molecule has 0 saturated carbocycles. The van der Waals surface area contributed by atoms with Crippen molar-refractivity contribution in [3.63, 3.8) is 0 Å². The first-order valence-electron chi connectivity index (χ1n) is 6.57. The second-order valence-electron chi connectivity index (χ2n) is 6.30. The normalized spacial score (nSPS) is 12.7. The number of pyridine rings is 1. The van der Waals surface area contributed by atoms with Crippen LogP contribution < -0.4 is 5.73 Å². The Bertz CT molecular complexity index is 368. The number of aromatic nitrogens is 1. The molecule has 0 saturated heterocycles. The zero-order chi connectivity index (χ0) is 13.8. The average molecular weight is 266 g/mol. The molecule has 0 aliphatic rings. The van der Waals surface area contributed by atoms with Crippen LogP contribution in [0.15, 0.2) is 18.3 Å². The van der Waals surface area contributed by atoms with E-state index in [0.29, 0.717) is 5.82 Å². The number of nitrogens with zero attached hydrogens (tertiary/aromatic N) is 1. The molecule has 0 spiro atoms. The van der Waals surface area contributed by atoms with E-state index in [-0.39, 0.29) is 5.04 Å². The van der Waals surface area contributed by atoms with Gasteiger partial charge in [0.15, 0.2) is 8.32 Å². The highest BCUT2D eigenvalue weighted by atomic mass is 28.4. The van der Waals surface area contributed by atoms with Crippen LogP contribution in [-0.4, -0.2) is 19.9 Å². The van der Waals surface area contributed by atoms with E-state index in [2.05, 4.69) is 38.8 Å². The van der Waals surface area contributed by atoms with Gasteiger partial charge in [0.2, 0.25) is 0 Å². The molecule has 1 aromatic heterocycles. The van der Waals surface area contributed by atoms with E-state index in [1.165, 1.54) is 5.56 Å². The zero-order valence-electron chi connectivity index (χ0n) is 12.3. The van der Waals surface area contributed by atoms with Crippen LogP contribution in [0.3, 0.4) is 0 Å². The number of nitrogen functional groups attached to an aromatic ring is 1. The van der Waals surface area contributed by atoms with E-state index in [4.69, 9.17) is 10.2 Å². The lowest BCUT2D eigenvalue weighted by Gasteiger charge is -2.36. The first-order valence-corrected chi connectivity index (χ1v) is 9.47. The smallest absolute Gasteiger partial charge is 0.191 e. The highest BCUT2D eigenvalue weighted by Crippen LogP contribution is 2.36. The van der Waals surface area contributed by atoms with Crippen molar-refractivity contribution in [1.29, 1.82) is 0 Å². The number of nitrogens with two attached hydrogens (primary N) is 1. The van der Waals surface area contributed by atoms with Gasteiger partial charge in [-0.25, -0.2) is 4.98 Å². The number of hydrogen-bond donors (Lipinski definition) is 1. The van der Waals surface area contributed by atoms with E-state index in [1.54, 1.807) is 0 Å². The fourth-order valence-corrected chi connectivity index (χ4v) is 2.49. The number of hydrogen-bond acceptors (Lipinski definition) is 3. The number of anilines is 1. The Hall–Kier alpha value is -0.873. The minimum Gasteiger partial charge on any atom is -0.417 e. The summed E-state index contributed by atoms with van der Waals surface area (Å²) in [6.07, 6.45) is 3.89. The molecule has 0 aliphatic heterocycles. The maximum atomic E-state index is 6.13. The summed E-state index contributed by atoms with van der Waals surface area (Å²) in [5.41, 5.74) is 6.78. The molecule has 102 valence electrons. The van der Waals surface area contributed by atoms with E-state index in [9.17, 15) is 0 Å². The first-order chi connectivity index (χ1) is 8.22. The fraction of sp³-hybridized carbons (Fsp3) is 0.643. The Morgan fingerprint density at radius 2 is 1.94 bits per heavy atom. The SMILES string of the molecule is CC(C)(C)[Si](C)(C)OCCCc1ccc(N)nc1. The summed E-state index contributed by atoms with van der Waals surface area (Å²) < 4.78 is 6.13. The molecule has 0 amide bonds. The second-order valence-corrected chi connectivity index (χ2v) is 11.1. The van der Waals surface area contributed by atoms with Gasteiger partial charge in [0.25, 0.3) is 0 Å². The molecule has 0 aromatic carbocycles. The van der Waals surface area contributed by atoms with Crippen LogP contribution in [0.5, 0.6) is 0 Å². The van der Waals surface area contributed by atoms with E-state index in [0.717, 1.165) is 19.4 Å². The van der Waals surface area contributed by atoms with Gasteiger partial charge in [-0.2, -0.15) is 0 Å². The van der Waals surface area contributed by atoms with Crippen molar-refractivity contribution in [2.45, 2.75) is 51.7 Å². The van der Waals surface area contributed by atoms with Gasteiger partial charge in [-0.15, -0.1) is 0 Å². The third kappa shape index (κ3) is 4.42. The van der Waals surface area contributed by atoms with E-state index >= 15 is 0 Å². The molecule has 1 aromatic rings. The van der Waals surface area contributed by atoms with Crippen LogP contribution in [0.25, 0.3) is 0 Å². The lowest BCUT2D eigenvalue weighted by molar-refractivity contribution is 0.282. The molecule has 1 rings (SSSR count). The Balaban J connectivity index is 2.33. The molecule has 2 N–H and O–H groups in total. The molecule has 1 heterocycles. The molecule has 0 radical (unpaired) electrons. The predicted octanol–water partition coefficient (Wildman–Crippen LogP) is 3.62. The van der Waals surface area contributed by atoms with Gasteiger partial charge in [-0.3, -0.25) is 0 Å². The monoisotopic (exact) mass is 266 g/mol. The lowest BCUT2D eigenvalue weighted by Crippen LogP contribution is -2.41. The van der Waals surface area contributed by atoms with Crippen molar-refractivity contribution in [3.05, 3.63) is 23.9 Å². The third-order valence-corrected chi connectivity index (χ3v) is 8.26. The molecule has 0 unspecified atom stereocenters. The van der Waals surface area contributed by atoms with Gasteiger partial charge in [0.05, 0.1) is 0 Å². The van der Waals surface area contributed by atoms with Crippen LogP contribution in [0.2, 0.25) is 18.1 Å². The largest absolute Gasteiger partial charge is 0.417 e. The summed E-state index contributed by atoms with van der Waals surface area (Å²) in [4.78, 5) is 4.09. The van der Waals surface area contributed by atoms with Crippen molar-refractivity contribution >= 4 is 14.1 Å². The van der Waals surface area contributed by atoms with Crippen LogP contribution >= 0.6 is 0 Å². The molecular formula is C14H26N2OSi. The average Bonchev–Trinajstić information content (AvgIpc) is 2.25. The predicted molar refractivity (Wildman–Crippen MR) is 80.1 cm³/mol. The Labute approximate surface area is 112 Å². The van der Waals surface area contributed by atoms with Crippen molar-refractivity contribution in [2.24, 2.45) is 0 Å². The van der Waals surface area contributed by atoms with Crippen molar-refractivity contribution < 1.29 is 4.43 Å². The summed E-state index contributed by atoms with van der Waals surface area (Å²) in [7, 11) is -1.59. The van der Waals surface area contributed by atoms with Gasteiger partial charge in [0, 0.05) is 12.8 Å². The standard InChI is InChI=1S/C14H26N2OSi/c1-14(2,3)18(4,5)17-10-6-7-12-8-9-13(15)16-11-12/h8-9,11H,6-7,10H2,1-5H3,(H2,15,16). The summed E-state index contributed by atoms with van der Waals surface area (Å²) in [5, 5.41) is 0.287. The van der Waals surface area contributed by atoms with Crippen molar-refractivity contribution in [1.82, 2.24) is 4.98 Å². The van der Waals surface area contributed by atoms with Gasteiger partial charge in [0.1, 0.15) is 5.82 Å². The molecule has 0 bridgehead atoms. The lowest BCUT2D eigenvalue weighted by atomic mass is 10.2. The minimum atomic E-state index is -1.59. The van der Waals surface area contributed by atoms with Crippen LogP contribution in [0, 0.1) is 0 Å². The Morgan fingerprint density at radius 3 is 2.44 bits per heavy atom. The molecule has 4 heteroatoms. The summed E-state index contributed by atoms with van der Waals surface area (Å²) in [6.45, 7) is 12.2. The second kappa shape index (κ2) is 5.84. The zero-order valence-corrected chi connectivity index (χ0v) is 13.3. The van der Waals surface area contributed by atoms with Crippen LogP contribution in [-0.2, 0) is 10.8 Å². The Kier molecular flexibility index (Phi) is 4.93. The molecule has 0 atom stereocenters. The summed E-state index contributed by atoms with van der Waals surface area (Å²) in [5.74, 6) is 0.580. The van der Waals surface area contributed by atoms with E-state index in [1.807, 2.05) is 18.3 Å². The topological polar surface area (TPSA) is 48.1 Å². The maximum Gasteiger partial charge on any atom is 0.191 e. The van der Waals surface area contributed by atoms with Gasteiger partial charge >= 0.3 is 0 Å². The highest BCUT2D eigenvalue weighted by Gasteiger charge is 2.36. The molecule has 18 heavy (non-hydrogen) atoms. The van der Waals surface area contributed by atoms with E-state index < -0.39 is 8.32 Å². The third-order valence-electron chi connectivity index (χ3n) is 3.73. The first kappa shape index (κ1) is 15.2. The summed E-state index contributed by atoms with van der Waals surface area (Å²) >= 11 is 0. The molecule has 3 nitrogen and oxygen atoms in total. The molecule has 0 fully saturated rings. The van der Waals surface area contributed by atoms with Gasteiger partial charge in [-0.05, 0) is 42.6 Å². The Morgan fingerprint density at radius 1 is 1.28 bits per heavy atom. The highest BCUT2D eigenvalue weighted by molar-refractivity contribution is 6.74. The van der Waals surface area contributed by atoms with Crippen molar-refractivity contribution in [2.75, 3.05) is 12.3 Å². The van der Waals surface area contributed by atoms with Gasteiger partial charge < -0.3 is 10.2 Å². The fourth-order valence-electron chi connectivity index (χ4n) is 1.40. The minimum absolute atomic E-state index is 0.287. The summed E-state index contributed by atoms with van der Waals surface area (Å²) in [6, 6.07) is 3.89. The maximum absolute atomic E-state index is 6.13. The van der Waals surface area contributed by atoms with Crippen molar-refractivity contribution in [3.8, 4) is 0 Å². The molecule has 0 aliphatic carbocycles. The van der Waals surface area contributed by atoms with Crippen LogP contribution in [0.1, 0.15) is 32.8 Å². The quantitative estimate of drug-likeness (QED) is 0.654. The van der Waals surface area contributed by atoms with Gasteiger partial charge in [-0.1, -0.05) is 26.8 Å². The van der Waals surface area contributed by atoms with Crippen LogP contribution in [0.4, 0.5) is 5.82 Å². The number of aryl methyl sites for hydroxylation is 1.